The largest absolute Gasteiger partial charge is 0.495 e. The molecule has 1 aliphatic heterocycles. The van der Waals surface area contributed by atoms with Crippen molar-refractivity contribution in [1.82, 2.24) is 0 Å². The van der Waals surface area contributed by atoms with Gasteiger partial charge in [-0.05, 0) is 54.1 Å². The second kappa shape index (κ2) is 11.1. The third-order valence-electron chi connectivity index (χ3n) is 5.38. The molecule has 0 saturated carbocycles. The number of nitrogens with zero attached hydrogens (tertiary/aromatic N) is 2. The minimum Gasteiger partial charge on any atom is -0.495 e. The van der Waals surface area contributed by atoms with Gasteiger partial charge in [0, 0.05) is 6.07 Å². The van der Waals surface area contributed by atoms with Crippen molar-refractivity contribution in [2.45, 2.75) is 6.18 Å². The highest BCUT2D eigenvalue weighted by Gasteiger charge is 2.35. The fourth-order valence-electron chi connectivity index (χ4n) is 3.54. The van der Waals surface area contributed by atoms with Gasteiger partial charge in [0.15, 0.2) is 15.8 Å². The van der Waals surface area contributed by atoms with E-state index in [-0.39, 0.29) is 21.7 Å². The van der Waals surface area contributed by atoms with Crippen molar-refractivity contribution in [3.05, 3.63) is 85.8 Å². The molecule has 0 unspecified atom stereocenters. The average molecular weight is 597 g/mol. The lowest BCUT2D eigenvalue weighted by Crippen LogP contribution is -2.27. The van der Waals surface area contributed by atoms with Crippen molar-refractivity contribution in [1.29, 1.82) is 0 Å². The number of anilines is 1. The van der Waals surface area contributed by atoms with Gasteiger partial charge in [-0.25, -0.2) is 0 Å². The van der Waals surface area contributed by atoms with E-state index in [0.717, 1.165) is 17.8 Å². The maximum Gasteiger partial charge on any atom is 0.416 e. The zero-order valence-electron chi connectivity index (χ0n) is 19.9. The van der Waals surface area contributed by atoms with E-state index >= 15 is 0 Å². The molecule has 0 aromatic heterocycles. The summed E-state index contributed by atoms with van der Waals surface area (Å²) in [6.07, 6.45) is -3.19. The second-order valence-electron chi connectivity index (χ2n) is 7.79. The highest BCUT2D eigenvalue weighted by Crippen LogP contribution is 2.42. The smallest absolute Gasteiger partial charge is 0.416 e. The number of hydrogen-bond donors (Lipinski definition) is 0. The first-order valence-corrected chi connectivity index (χ1v) is 12.4. The number of benzene rings is 3. The molecular formula is C25H16ClF3N2O6S2. The van der Waals surface area contributed by atoms with Crippen LogP contribution in [0.25, 0.3) is 6.08 Å². The number of hydrogen-bond acceptors (Lipinski definition) is 8. The van der Waals surface area contributed by atoms with Crippen molar-refractivity contribution < 1.29 is 37.1 Å². The van der Waals surface area contributed by atoms with Crippen LogP contribution in [0.3, 0.4) is 0 Å². The topological polar surface area (TPSA) is 91.1 Å². The molecule has 0 atom stereocenters. The molecule has 0 aliphatic carbocycles. The number of rotatable bonds is 7. The summed E-state index contributed by atoms with van der Waals surface area (Å²) in [6.45, 7) is 0. The molecule has 3 aromatic rings. The molecule has 39 heavy (non-hydrogen) atoms. The molecule has 0 bridgehead atoms. The Hall–Kier alpha value is -3.81. The fourth-order valence-corrected chi connectivity index (χ4v) is 5.09. The molecule has 1 aliphatic rings. The van der Waals surface area contributed by atoms with Crippen LogP contribution in [-0.4, -0.2) is 29.4 Å². The highest BCUT2D eigenvalue weighted by atomic mass is 35.5. The number of nitro benzene ring substituents is 1. The van der Waals surface area contributed by atoms with Gasteiger partial charge in [-0.3, -0.25) is 19.8 Å². The number of alkyl halides is 3. The number of ether oxygens (including phenoxy) is 3. The Balaban J connectivity index is 1.61. The summed E-state index contributed by atoms with van der Waals surface area (Å²) in [5, 5.41) is 11.7. The van der Waals surface area contributed by atoms with E-state index in [9.17, 15) is 28.1 Å². The number of halogens is 4. The molecule has 1 saturated heterocycles. The minimum atomic E-state index is -4.76. The van der Waals surface area contributed by atoms with E-state index in [1.54, 1.807) is 30.3 Å². The van der Waals surface area contributed by atoms with Gasteiger partial charge in [-0.2, -0.15) is 13.2 Å². The zero-order chi connectivity index (χ0) is 28.5. The normalized spacial score (nSPS) is 14.6. The minimum absolute atomic E-state index is 0.0120. The monoisotopic (exact) mass is 596 g/mol. The number of carbonyl (C=O) groups is 1. The van der Waals surface area contributed by atoms with Gasteiger partial charge in [0.1, 0.15) is 5.75 Å². The van der Waals surface area contributed by atoms with Crippen LogP contribution < -0.4 is 19.1 Å². The van der Waals surface area contributed by atoms with Gasteiger partial charge >= 0.3 is 11.9 Å². The first kappa shape index (κ1) is 28.2. The third-order valence-corrected chi connectivity index (χ3v) is 6.97. The first-order chi connectivity index (χ1) is 18.4. The number of nitro groups is 1. The van der Waals surface area contributed by atoms with E-state index in [0.29, 0.717) is 39.1 Å². The lowest BCUT2D eigenvalue weighted by atomic mass is 10.1. The lowest BCUT2D eigenvalue weighted by molar-refractivity contribution is -0.385. The molecule has 1 heterocycles. The van der Waals surface area contributed by atoms with Crippen LogP contribution in [-0.2, 0) is 11.0 Å². The molecule has 202 valence electrons. The molecular weight excluding hydrogens is 581 g/mol. The summed E-state index contributed by atoms with van der Waals surface area (Å²) >= 11 is 12.6. The van der Waals surface area contributed by atoms with Crippen molar-refractivity contribution in [2.24, 2.45) is 0 Å². The number of thioether (sulfide) groups is 1. The molecule has 0 radical (unpaired) electrons. The number of amides is 1. The maximum absolute atomic E-state index is 13.1. The van der Waals surface area contributed by atoms with E-state index in [4.69, 9.17) is 38.0 Å². The van der Waals surface area contributed by atoms with Gasteiger partial charge in [0.2, 0.25) is 5.75 Å². The summed E-state index contributed by atoms with van der Waals surface area (Å²) in [6, 6.07) is 11.2. The Bertz CT molecular complexity index is 1530. The van der Waals surface area contributed by atoms with Crippen molar-refractivity contribution in [3.8, 4) is 23.0 Å². The quantitative estimate of drug-likeness (QED) is 0.120. The summed E-state index contributed by atoms with van der Waals surface area (Å²) in [4.78, 5) is 25.2. The lowest BCUT2D eigenvalue weighted by Gasteiger charge is -2.15. The number of carbonyl (C=O) groups excluding carboxylic acids is 1. The standard InChI is InChI=1S/C25H16ClF3N2O6S2/c1-35-18-8-5-15(12-16(18)26)30-23(32)22(39-24(30)38)10-13-3-6-20(21(9-13)36-2)37-19-7-4-14(25(27,28)29)11-17(19)31(33)34/h3-12H,1-2H3/b22-10+. The SMILES string of the molecule is COc1ccc(N2C(=O)/C(=C\c3ccc(Oc4ccc(C(F)(F)F)cc4[N+](=O)[O-])c(OC)c3)SC2=S)cc1Cl. The van der Waals surface area contributed by atoms with E-state index in [2.05, 4.69) is 0 Å². The number of thiocarbonyl (C=S) groups is 1. The van der Waals surface area contributed by atoms with E-state index in [1.165, 1.54) is 31.3 Å². The van der Waals surface area contributed by atoms with Crippen LogP contribution in [0.5, 0.6) is 23.0 Å². The van der Waals surface area contributed by atoms with Crippen LogP contribution in [0, 0.1) is 10.1 Å². The van der Waals surface area contributed by atoms with Gasteiger partial charge in [0.05, 0.1) is 40.3 Å². The third kappa shape index (κ3) is 5.95. The van der Waals surface area contributed by atoms with Crippen LogP contribution in [0.4, 0.5) is 24.5 Å². The van der Waals surface area contributed by atoms with E-state index in [1.807, 2.05) is 0 Å². The van der Waals surface area contributed by atoms with Crippen LogP contribution in [0.2, 0.25) is 5.02 Å². The van der Waals surface area contributed by atoms with Gasteiger partial charge < -0.3 is 14.2 Å². The predicted molar refractivity (Wildman–Crippen MR) is 145 cm³/mol. The summed E-state index contributed by atoms with van der Waals surface area (Å²) in [5.41, 5.74) is -1.07. The fraction of sp³-hybridized carbons (Fsp3) is 0.120. The Morgan fingerprint density at radius 1 is 1.00 bits per heavy atom. The Morgan fingerprint density at radius 3 is 2.28 bits per heavy atom. The molecule has 1 amide bonds. The van der Waals surface area contributed by atoms with Crippen molar-refractivity contribution >= 4 is 63.3 Å². The van der Waals surface area contributed by atoms with Gasteiger partial charge in [-0.15, -0.1) is 0 Å². The Kier molecular flexibility index (Phi) is 8.04. The summed E-state index contributed by atoms with van der Waals surface area (Å²) in [5.74, 6) is -0.213. The molecule has 1 fully saturated rings. The molecule has 3 aromatic carbocycles. The highest BCUT2D eigenvalue weighted by molar-refractivity contribution is 8.27. The van der Waals surface area contributed by atoms with Gasteiger partial charge in [-0.1, -0.05) is 41.6 Å². The second-order valence-corrected chi connectivity index (χ2v) is 9.87. The molecule has 8 nitrogen and oxygen atoms in total. The molecule has 14 heteroatoms. The van der Waals surface area contributed by atoms with Crippen molar-refractivity contribution in [2.75, 3.05) is 19.1 Å². The molecule has 4 rings (SSSR count). The first-order valence-electron chi connectivity index (χ1n) is 10.8. The van der Waals surface area contributed by atoms with Crippen molar-refractivity contribution in [3.63, 3.8) is 0 Å². The average Bonchev–Trinajstić information content (AvgIpc) is 3.16. The Labute approximate surface area is 234 Å². The van der Waals surface area contributed by atoms with Crippen LogP contribution >= 0.6 is 35.6 Å². The molecule has 0 N–H and O–H groups in total. The van der Waals surface area contributed by atoms with E-state index < -0.39 is 28.1 Å². The summed E-state index contributed by atoms with van der Waals surface area (Å²) in [7, 11) is 2.79. The zero-order valence-corrected chi connectivity index (χ0v) is 22.3. The van der Waals surface area contributed by atoms with Crippen LogP contribution in [0.1, 0.15) is 11.1 Å². The molecule has 0 spiro atoms. The Morgan fingerprint density at radius 2 is 1.67 bits per heavy atom. The predicted octanol–water partition coefficient (Wildman–Crippen LogP) is 7.48. The van der Waals surface area contributed by atoms with Gasteiger partial charge in [0.25, 0.3) is 5.91 Å². The summed E-state index contributed by atoms with van der Waals surface area (Å²) < 4.78 is 55.3. The van der Waals surface area contributed by atoms with Crippen LogP contribution in [0.15, 0.2) is 59.5 Å². The maximum atomic E-state index is 13.1. The number of methoxy groups -OCH3 is 2.